The topological polar surface area (TPSA) is 53.1 Å². The summed E-state index contributed by atoms with van der Waals surface area (Å²) in [5, 5.41) is 0. The maximum absolute atomic E-state index is 13.0. The number of hydrogen-bond donors (Lipinski definition) is 0. The van der Waals surface area contributed by atoms with E-state index < -0.39 is 0 Å². The molecular formula is C19H31N3O3. The van der Waals surface area contributed by atoms with Gasteiger partial charge in [-0.1, -0.05) is 13.3 Å². The Morgan fingerprint density at radius 3 is 2.60 bits per heavy atom. The van der Waals surface area contributed by atoms with Crippen molar-refractivity contribution in [2.75, 3.05) is 52.5 Å². The summed E-state index contributed by atoms with van der Waals surface area (Å²) < 4.78 is 5.48. The third kappa shape index (κ3) is 3.70. The zero-order valence-corrected chi connectivity index (χ0v) is 15.4. The number of carbonyl (C=O) groups is 2. The number of rotatable bonds is 5. The second-order valence-electron chi connectivity index (χ2n) is 8.27. The van der Waals surface area contributed by atoms with E-state index >= 15 is 0 Å². The lowest BCUT2D eigenvalue weighted by Gasteiger charge is -2.34. The number of amides is 2. The fourth-order valence-electron chi connectivity index (χ4n) is 4.74. The molecule has 0 aromatic rings. The first kappa shape index (κ1) is 17.3. The van der Waals surface area contributed by atoms with Crippen molar-refractivity contribution in [2.45, 2.75) is 38.6 Å². The van der Waals surface area contributed by atoms with Gasteiger partial charge in [0.2, 0.25) is 11.8 Å². The van der Waals surface area contributed by atoms with E-state index in [2.05, 4.69) is 11.8 Å². The molecule has 6 nitrogen and oxygen atoms in total. The van der Waals surface area contributed by atoms with Gasteiger partial charge < -0.3 is 14.5 Å². The van der Waals surface area contributed by atoms with E-state index in [1.807, 2.05) is 9.80 Å². The minimum absolute atomic E-state index is 0.118. The quantitative estimate of drug-likeness (QED) is 0.737. The van der Waals surface area contributed by atoms with E-state index in [4.69, 9.17) is 4.74 Å². The summed E-state index contributed by atoms with van der Waals surface area (Å²) in [7, 11) is 0. The SMILES string of the molecule is CC[C@@H]1CN(C(=O)[C@@H]2CC(=O)N(CC3CC3)C2)C[C@@H]1N1CCOCC1. The molecule has 0 spiro atoms. The third-order valence-electron chi connectivity index (χ3n) is 6.50. The Hall–Kier alpha value is -1.14. The zero-order valence-electron chi connectivity index (χ0n) is 15.4. The van der Waals surface area contributed by atoms with Crippen LogP contribution < -0.4 is 0 Å². The minimum Gasteiger partial charge on any atom is -0.379 e. The summed E-state index contributed by atoms with van der Waals surface area (Å²) in [6.07, 6.45) is 4.01. The molecule has 140 valence electrons. The molecule has 0 unspecified atom stereocenters. The Kier molecular flexibility index (Phi) is 5.00. The summed E-state index contributed by atoms with van der Waals surface area (Å²) in [5.74, 6) is 1.51. The average molecular weight is 349 g/mol. The van der Waals surface area contributed by atoms with Crippen LogP contribution in [0.2, 0.25) is 0 Å². The van der Waals surface area contributed by atoms with Crippen LogP contribution in [0.3, 0.4) is 0 Å². The van der Waals surface area contributed by atoms with E-state index in [0.29, 0.717) is 30.8 Å². The van der Waals surface area contributed by atoms with Crippen LogP contribution in [-0.2, 0) is 14.3 Å². The molecule has 4 aliphatic rings. The van der Waals surface area contributed by atoms with Gasteiger partial charge in [-0.15, -0.1) is 0 Å². The molecular weight excluding hydrogens is 318 g/mol. The van der Waals surface area contributed by atoms with Gasteiger partial charge in [-0.2, -0.15) is 0 Å². The van der Waals surface area contributed by atoms with Crippen molar-refractivity contribution in [3.63, 3.8) is 0 Å². The lowest BCUT2D eigenvalue weighted by molar-refractivity contribution is -0.135. The van der Waals surface area contributed by atoms with Crippen LogP contribution in [0.25, 0.3) is 0 Å². The van der Waals surface area contributed by atoms with Crippen molar-refractivity contribution in [3.8, 4) is 0 Å². The van der Waals surface area contributed by atoms with Crippen LogP contribution in [0.15, 0.2) is 0 Å². The van der Waals surface area contributed by atoms with Crippen molar-refractivity contribution in [1.82, 2.24) is 14.7 Å². The predicted molar refractivity (Wildman–Crippen MR) is 94.0 cm³/mol. The third-order valence-corrected chi connectivity index (χ3v) is 6.50. The molecule has 0 radical (unpaired) electrons. The zero-order chi connectivity index (χ0) is 17.4. The Bertz CT molecular complexity index is 516. The summed E-state index contributed by atoms with van der Waals surface area (Å²) in [6, 6.07) is 0.456. The van der Waals surface area contributed by atoms with Gasteiger partial charge in [0.15, 0.2) is 0 Å². The smallest absolute Gasteiger partial charge is 0.228 e. The first-order valence-electron chi connectivity index (χ1n) is 10.0. The monoisotopic (exact) mass is 349 g/mol. The van der Waals surface area contributed by atoms with Crippen LogP contribution >= 0.6 is 0 Å². The highest BCUT2D eigenvalue weighted by Gasteiger charge is 2.43. The molecule has 6 heteroatoms. The Morgan fingerprint density at radius 2 is 1.92 bits per heavy atom. The van der Waals surface area contributed by atoms with Crippen molar-refractivity contribution in [3.05, 3.63) is 0 Å². The molecule has 3 heterocycles. The van der Waals surface area contributed by atoms with E-state index in [1.54, 1.807) is 0 Å². The summed E-state index contributed by atoms with van der Waals surface area (Å²) in [5.41, 5.74) is 0. The predicted octanol–water partition coefficient (Wildman–Crippen LogP) is 0.814. The van der Waals surface area contributed by atoms with Gasteiger partial charge >= 0.3 is 0 Å². The highest BCUT2D eigenvalue weighted by molar-refractivity contribution is 5.89. The summed E-state index contributed by atoms with van der Waals surface area (Å²) >= 11 is 0. The van der Waals surface area contributed by atoms with Crippen molar-refractivity contribution < 1.29 is 14.3 Å². The molecule has 1 aliphatic carbocycles. The lowest BCUT2D eigenvalue weighted by atomic mass is 9.99. The molecule has 25 heavy (non-hydrogen) atoms. The van der Waals surface area contributed by atoms with Gasteiger partial charge in [0.25, 0.3) is 0 Å². The van der Waals surface area contributed by atoms with Gasteiger partial charge in [-0.25, -0.2) is 0 Å². The molecule has 0 N–H and O–H groups in total. The van der Waals surface area contributed by atoms with Gasteiger partial charge in [-0.3, -0.25) is 14.5 Å². The largest absolute Gasteiger partial charge is 0.379 e. The molecule has 0 aromatic heterocycles. The first-order chi connectivity index (χ1) is 12.2. The fraction of sp³-hybridized carbons (Fsp3) is 0.895. The fourth-order valence-corrected chi connectivity index (χ4v) is 4.74. The Balaban J connectivity index is 1.36. The van der Waals surface area contributed by atoms with Crippen LogP contribution in [0.4, 0.5) is 0 Å². The van der Waals surface area contributed by atoms with E-state index in [0.717, 1.165) is 52.4 Å². The molecule has 3 aliphatic heterocycles. The Labute approximate surface area is 150 Å². The maximum Gasteiger partial charge on any atom is 0.228 e. The highest BCUT2D eigenvalue weighted by atomic mass is 16.5. The first-order valence-corrected chi connectivity index (χ1v) is 10.0. The molecule has 3 atom stereocenters. The van der Waals surface area contributed by atoms with Crippen molar-refractivity contribution in [2.24, 2.45) is 17.8 Å². The van der Waals surface area contributed by atoms with Crippen LogP contribution in [0.1, 0.15) is 32.6 Å². The van der Waals surface area contributed by atoms with Crippen molar-refractivity contribution >= 4 is 11.8 Å². The second kappa shape index (κ2) is 7.23. The summed E-state index contributed by atoms with van der Waals surface area (Å²) in [4.78, 5) is 31.8. The molecule has 4 fully saturated rings. The normalized spacial score (nSPS) is 34.1. The minimum atomic E-state index is -0.118. The summed E-state index contributed by atoms with van der Waals surface area (Å²) in [6.45, 7) is 8.96. The molecule has 1 saturated carbocycles. The molecule has 3 saturated heterocycles. The van der Waals surface area contributed by atoms with Gasteiger partial charge in [0, 0.05) is 51.7 Å². The van der Waals surface area contributed by atoms with E-state index in [-0.39, 0.29) is 17.7 Å². The second-order valence-corrected chi connectivity index (χ2v) is 8.27. The van der Waals surface area contributed by atoms with Gasteiger partial charge in [0.1, 0.15) is 0 Å². The van der Waals surface area contributed by atoms with Gasteiger partial charge in [0.05, 0.1) is 19.1 Å². The number of nitrogens with zero attached hydrogens (tertiary/aromatic N) is 3. The molecule has 4 rings (SSSR count). The van der Waals surface area contributed by atoms with Crippen molar-refractivity contribution in [1.29, 1.82) is 0 Å². The average Bonchev–Trinajstić information content (AvgIpc) is 3.22. The number of carbonyl (C=O) groups excluding carboxylic acids is 2. The highest BCUT2D eigenvalue weighted by Crippen LogP contribution is 2.33. The maximum atomic E-state index is 13.0. The molecule has 0 aromatic carbocycles. The van der Waals surface area contributed by atoms with Crippen LogP contribution in [0.5, 0.6) is 0 Å². The lowest BCUT2D eigenvalue weighted by Crippen LogP contribution is -2.47. The van der Waals surface area contributed by atoms with Crippen LogP contribution in [-0.4, -0.2) is 85.0 Å². The number of hydrogen-bond acceptors (Lipinski definition) is 4. The number of morpholine rings is 1. The van der Waals surface area contributed by atoms with Crippen LogP contribution in [0, 0.1) is 17.8 Å². The molecule has 0 bridgehead atoms. The number of ether oxygens (including phenoxy) is 1. The number of likely N-dealkylation sites (tertiary alicyclic amines) is 2. The Morgan fingerprint density at radius 1 is 1.16 bits per heavy atom. The standard InChI is InChI=1S/C19H31N3O3/c1-2-15-11-22(13-17(15)20-5-7-25-8-6-20)19(24)16-9-18(23)21(12-16)10-14-3-4-14/h14-17H,2-13H2,1H3/t15-,16-,17+/m1/s1. The van der Waals surface area contributed by atoms with E-state index in [1.165, 1.54) is 12.8 Å². The molecule has 2 amide bonds. The van der Waals surface area contributed by atoms with Gasteiger partial charge in [-0.05, 0) is 24.7 Å². The van der Waals surface area contributed by atoms with E-state index in [9.17, 15) is 9.59 Å².